The van der Waals surface area contributed by atoms with Gasteiger partial charge in [-0.15, -0.1) is 17.9 Å². The number of amides is 1. The third kappa shape index (κ3) is 7.06. The number of thiophene rings is 1. The Morgan fingerprint density at radius 1 is 1.35 bits per heavy atom. The maximum Gasteiger partial charge on any atom is 0.237 e. The molecule has 1 aromatic carbocycles. The molecule has 2 aromatic rings. The molecule has 0 bridgehead atoms. The lowest BCUT2D eigenvalue weighted by molar-refractivity contribution is -0.136. The topological polar surface area (TPSA) is 71.5 Å². The van der Waals surface area contributed by atoms with Crippen molar-refractivity contribution in [3.05, 3.63) is 58.8 Å². The molecule has 0 saturated heterocycles. The van der Waals surface area contributed by atoms with Crippen LogP contribution in [0.1, 0.15) is 29.8 Å². The molecule has 0 saturated carbocycles. The third-order valence-electron chi connectivity index (χ3n) is 5.79. The molecule has 1 aromatic heterocycles. The van der Waals surface area contributed by atoms with Gasteiger partial charge in [0, 0.05) is 18.0 Å². The molecule has 1 N–H and O–H groups in total. The van der Waals surface area contributed by atoms with Gasteiger partial charge in [-0.2, -0.15) is 0 Å². The number of nitrogens with zero attached hydrogens (tertiary/aromatic N) is 2. The molecule has 1 amide bonds. The summed E-state index contributed by atoms with van der Waals surface area (Å²) in [6.45, 7) is 8.66. The number of carbonyl (C=O) groups is 1. The van der Waals surface area contributed by atoms with E-state index < -0.39 is 6.10 Å². The summed E-state index contributed by atoms with van der Waals surface area (Å²) in [4.78, 5) is 18.7. The van der Waals surface area contributed by atoms with E-state index in [1.54, 1.807) is 24.5 Å². The lowest BCUT2D eigenvalue weighted by atomic mass is 10.0. The maximum atomic E-state index is 13.5. The Kier molecular flexibility index (Phi) is 10.4. The molecule has 7 nitrogen and oxygen atoms in total. The highest BCUT2D eigenvalue weighted by Crippen LogP contribution is 2.35. The highest BCUT2D eigenvalue weighted by atomic mass is 32.1. The largest absolute Gasteiger partial charge is 0.493 e. The molecule has 0 radical (unpaired) electrons. The van der Waals surface area contributed by atoms with Gasteiger partial charge >= 0.3 is 0 Å². The fourth-order valence-corrected chi connectivity index (χ4v) is 5.18. The maximum absolute atomic E-state index is 13.5. The number of aliphatic hydroxyl groups is 1. The normalized spacial score (nSPS) is 16.2. The summed E-state index contributed by atoms with van der Waals surface area (Å²) in [6.07, 6.45) is 2.73. The molecule has 2 atom stereocenters. The molecule has 34 heavy (non-hydrogen) atoms. The number of fused-ring (bicyclic) bond motifs is 1. The van der Waals surface area contributed by atoms with Crippen LogP contribution in [0.2, 0.25) is 0 Å². The number of aliphatic hydroxyl groups excluding tert-OH is 1. The Bertz CT molecular complexity index is 918. The number of para-hydroxylation sites is 2. The standard InChI is InChI=1S/C26H36N2O5S/c1-4-12-27(16-20(29)18-32-14-5-2)17-26(30)28-13-10-25-21(11-15-34-25)22(28)19-33-24-9-7-6-8-23(24)31-3/h5-9,11,15,20,22,29H,2,4,10,12-14,16-19H2,1,3H3/t20-,22+/m0/s1. The number of hydrogen-bond acceptors (Lipinski definition) is 7. The van der Waals surface area contributed by atoms with Crippen LogP contribution in [0.25, 0.3) is 0 Å². The number of carbonyl (C=O) groups excluding carboxylic acids is 1. The molecule has 0 spiro atoms. The van der Waals surface area contributed by atoms with E-state index in [1.807, 2.05) is 34.1 Å². The van der Waals surface area contributed by atoms with Crippen molar-refractivity contribution in [3.63, 3.8) is 0 Å². The van der Waals surface area contributed by atoms with Crippen LogP contribution in [-0.2, 0) is 16.0 Å². The molecule has 2 heterocycles. The smallest absolute Gasteiger partial charge is 0.237 e. The van der Waals surface area contributed by atoms with E-state index in [2.05, 4.69) is 24.9 Å². The Labute approximate surface area is 206 Å². The van der Waals surface area contributed by atoms with Gasteiger partial charge in [0.1, 0.15) is 6.61 Å². The fourth-order valence-electron chi connectivity index (χ4n) is 4.25. The van der Waals surface area contributed by atoms with Crippen molar-refractivity contribution in [1.82, 2.24) is 9.80 Å². The van der Waals surface area contributed by atoms with Crippen LogP contribution in [0.3, 0.4) is 0 Å². The van der Waals surface area contributed by atoms with Crippen LogP contribution in [0.4, 0.5) is 0 Å². The Hall–Kier alpha value is -2.39. The molecule has 1 aliphatic heterocycles. The first kappa shape index (κ1) is 26.2. The first-order valence-electron chi connectivity index (χ1n) is 11.8. The zero-order chi connectivity index (χ0) is 24.3. The molecular formula is C26H36N2O5S. The van der Waals surface area contributed by atoms with Gasteiger partial charge < -0.3 is 24.2 Å². The van der Waals surface area contributed by atoms with Gasteiger partial charge in [0.25, 0.3) is 0 Å². The lowest BCUT2D eigenvalue weighted by Crippen LogP contribution is -2.48. The number of benzene rings is 1. The molecule has 1 aliphatic rings. The van der Waals surface area contributed by atoms with Crippen molar-refractivity contribution in [1.29, 1.82) is 0 Å². The second-order valence-corrected chi connectivity index (χ2v) is 9.33. The van der Waals surface area contributed by atoms with E-state index in [1.165, 1.54) is 4.88 Å². The van der Waals surface area contributed by atoms with Gasteiger partial charge in [-0.25, -0.2) is 0 Å². The summed E-state index contributed by atoms with van der Waals surface area (Å²) in [7, 11) is 1.62. The lowest BCUT2D eigenvalue weighted by Gasteiger charge is -2.37. The van der Waals surface area contributed by atoms with Crippen molar-refractivity contribution >= 4 is 17.2 Å². The van der Waals surface area contributed by atoms with Crippen LogP contribution < -0.4 is 9.47 Å². The number of methoxy groups -OCH3 is 1. The molecule has 3 rings (SSSR count). The zero-order valence-corrected chi connectivity index (χ0v) is 21.0. The minimum absolute atomic E-state index is 0.0399. The number of hydrogen-bond donors (Lipinski definition) is 1. The van der Waals surface area contributed by atoms with Gasteiger partial charge in [0.2, 0.25) is 5.91 Å². The molecule has 8 heteroatoms. The highest BCUT2D eigenvalue weighted by molar-refractivity contribution is 7.10. The Morgan fingerprint density at radius 3 is 2.88 bits per heavy atom. The average molecular weight is 489 g/mol. The van der Waals surface area contributed by atoms with Crippen molar-refractivity contribution in [2.75, 3.05) is 53.1 Å². The van der Waals surface area contributed by atoms with E-state index in [0.29, 0.717) is 37.8 Å². The van der Waals surface area contributed by atoms with E-state index in [0.717, 1.165) is 24.9 Å². The SMILES string of the molecule is C=CCOC[C@@H](O)CN(CCC)CC(=O)N1CCc2sccc2[C@H]1COc1ccccc1OC. The van der Waals surface area contributed by atoms with E-state index in [9.17, 15) is 9.90 Å². The summed E-state index contributed by atoms with van der Waals surface area (Å²) < 4.78 is 16.9. The van der Waals surface area contributed by atoms with Crippen LogP contribution >= 0.6 is 11.3 Å². The third-order valence-corrected chi connectivity index (χ3v) is 6.79. The monoisotopic (exact) mass is 488 g/mol. The first-order chi connectivity index (χ1) is 16.6. The van der Waals surface area contributed by atoms with Gasteiger partial charge in [-0.1, -0.05) is 25.1 Å². The average Bonchev–Trinajstić information content (AvgIpc) is 3.32. The predicted molar refractivity (Wildman–Crippen MR) is 135 cm³/mol. The number of ether oxygens (including phenoxy) is 3. The van der Waals surface area contributed by atoms with Crippen molar-refractivity contribution in [3.8, 4) is 11.5 Å². The summed E-state index contributed by atoms with van der Waals surface area (Å²) in [5.41, 5.74) is 1.15. The zero-order valence-electron chi connectivity index (χ0n) is 20.2. The van der Waals surface area contributed by atoms with Gasteiger partial charge in [-0.05, 0) is 48.5 Å². The first-order valence-corrected chi connectivity index (χ1v) is 12.7. The van der Waals surface area contributed by atoms with Gasteiger partial charge in [0.15, 0.2) is 11.5 Å². The molecule has 0 unspecified atom stereocenters. The van der Waals surface area contributed by atoms with E-state index >= 15 is 0 Å². The van der Waals surface area contributed by atoms with Crippen LogP contribution in [-0.4, -0.2) is 80.0 Å². The van der Waals surface area contributed by atoms with Crippen molar-refractivity contribution in [2.24, 2.45) is 0 Å². The Balaban J connectivity index is 1.69. The van der Waals surface area contributed by atoms with Crippen LogP contribution in [0, 0.1) is 0 Å². The molecular weight excluding hydrogens is 452 g/mol. The second-order valence-electron chi connectivity index (χ2n) is 8.33. The van der Waals surface area contributed by atoms with Crippen LogP contribution in [0.15, 0.2) is 48.4 Å². The minimum Gasteiger partial charge on any atom is -0.493 e. The summed E-state index contributed by atoms with van der Waals surface area (Å²) in [5.74, 6) is 1.37. The fraction of sp³-hybridized carbons (Fsp3) is 0.500. The number of rotatable bonds is 14. The van der Waals surface area contributed by atoms with Crippen molar-refractivity contribution < 1.29 is 24.1 Å². The summed E-state index contributed by atoms with van der Waals surface area (Å²) in [6, 6.07) is 9.48. The van der Waals surface area contributed by atoms with Crippen LogP contribution in [0.5, 0.6) is 11.5 Å². The van der Waals surface area contributed by atoms with Gasteiger partial charge in [0.05, 0.1) is 39.0 Å². The minimum atomic E-state index is -0.659. The van der Waals surface area contributed by atoms with E-state index in [-0.39, 0.29) is 25.1 Å². The molecule has 186 valence electrons. The Morgan fingerprint density at radius 2 is 2.15 bits per heavy atom. The van der Waals surface area contributed by atoms with Crippen molar-refractivity contribution in [2.45, 2.75) is 31.9 Å². The van der Waals surface area contributed by atoms with Gasteiger partial charge in [-0.3, -0.25) is 9.69 Å². The second kappa shape index (κ2) is 13.5. The molecule has 0 fully saturated rings. The quantitative estimate of drug-likeness (QED) is 0.324. The summed E-state index contributed by atoms with van der Waals surface area (Å²) in [5, 5.41) is 12.4. The summed E-state index contributed by atoms with van der Waals surface area (Å²) >= 11 is 1.73. The highest BCUT2D eigenvalue weighted by Gasteiger charge is 2.33. The molecule has 0 aliphatic carbocycles. The predicted octanol–water partition coefficient (Wildman–Crippen LogP) is 3.54. The van der Waals surface area contributed by atoms with E-state index in [4.69, 9.17) is 14.2 Å².